The quantitative estimate of drug-likeness (QED) is 0.902. The molecule has 1 N–H and O–H groups in total. The zero-order valence-corrected chi connectivity index (χ0v) is 11.6. The van der Waals surface area contributed by atoms with E-state index in [1.54, 1.807) is 13.8 Å². The summed E-state index contributed by atoms with van der Waals surface area (Å²) < 4.78 is 43.7. The first kappa shape index (κ1) is 14.7. The Bertz CT molecular complexity index is 603. The molecule has 3 nitrogen and oxygen atoms in total. The van der Waals surface area contributed by atoms with E-state index in [1.807, 2.05) is 0 Å². The molecule has 7 heteroatoms. The monoisotopic (exact) mass is 304 g/mol. The van der Waals surface area contributed by atoms with E-state index in [-0.39, 0.29) is 17.3 Å². The summed E-state index contributed by atoms with van der Waals surface area (Å²) in [6.07, 6.45) is -4.47. The lowest BCUT2D eigenvalue weighted by Gasteiger charge is -2.14. The van der Waals surface area contributed by atoms with Crippen molar-refractivity contribution in [3.63, 3.8) is 0 Å². The molecule has 0 aliphatic carbocycles. The maximum Gasteiger partial charge on any atom is 0.418 e. The van der Waals surface area contributed by atoms with Gasteiger partial charge >= 0.3 is 6.18 Å². The smallest absolute Gasteiger partial charge is 0.380 e. The number of hydrogen-bond acceptors (Lipinski definition) is 3. The predicted octanol–water partition coefficient (Wildman–Crippen LogP) is 4.58. The molecule has 0 bridgehead atoms. The van der Waals surface area contributed by atoms with Crippen LogP contribution >= 0.6 is 11.6 Å². The van der Waals surface area contributed by atoms with Gasteiger partial charge in [-0.15, -0.1) is 0 Å². The highest BCUT2D eigenvalue weighted by Gasteiger charge is 2.33. The molecule has 0 radical (unpaired) electrons. The van der Waals surface area contributed by atoms with Crippen molar-refractivity contribution in [2.75, 3.05) is 5.32 Å². The molecule has 0 fully saturated rings. The molecule has 0 atom stereocenters. The number of aryl methyl sites for hydroxylation is 2. The van der Waals surface area contributed by atoms with Crippen LogP contribution in [0.4, 0.5) is 18.9 Å². The standard InChI is InChI=1S/C13H12ClF3N2O/c1-7-10(8(2)20-19-7)6-18-12-4-3-9(14)5-11(12)13(15,16)17/h3-5,18H,6H2,1-2H3. The van der Waals surface area contributed by atoms with E-state index < -0.39 is 11.7 Å². The molecule has 0 saturated carbocycles. The number of rotatable bonds is 3. The molecule has 1 aromatic heterocycles. The van der Waals surface area contributed by atoms with E-state index in [2.05, 4.69) is 10.5 Å². The van der Waals surface area contributed by atoms with E-state index in [1.165, 1.54) is 12.1 Å². The van der Waals surface area contributed by atoms with Gasteiger partial charge in [0.15, 0.2) is 0 Å². The van der Waals surface area contributed by atoms with Gasteiger partial charge in [-0.1, -0.05) is 16.8 Å². The largest absolute Gasteiger partial charge is 0.418 e. The maximum absolute atomic E-state index is 12.9. The molecule has 0 aliphatic heterocycles. The van der Waals surface area contributed by atoms with Crippen LogP contribution in [0.15, 0.2) is 22.7 Å². The van der Waals surface area contributed by atoms with Crippen LogP contribution in [0.3, 0.4) is 0 Å². The van der Waals surface area contributed by atoms with Crippen molar-refractivity contribution < 1.29 is 17.7 Å². The minimum Gasteiger partial charge on any atom is -0.380 e. The van der Waals surface area contributed by atoms with Gasteiger partial charge in [-0.3, -0.25) is 0 Å². The van der Waals surface area contributed by atoms with Crippen LogP contribution in [0.2, 0.25) is 5.02 Å². The molecule has 0 amide bonds. The number of nitrogens with one attached hydrogen (secondary N) is 1. The second-order valence-electron chi connectivity index (χ2n) is 4.34. The number of anilines is 1. The molecular formula is C13H12ClF3N2O. The summed E-state index contributed by atoms with van der Waals surface area (Å²) in [4.78, 5) is 0. The Balaban J connectivity index is 2.26. The third-order valence-electron chi connectivity index (χ3n) is 2.92. The lowest BCUT2D eigenvalue weighted by Crippen LogP contribution is -2.11. The van der Waals surface area contributed by atoms with Crippen molar-refractivity contribution in [3.8, 4) is 0 Å². The lowest BCUT2D eigenvalue weighted by atomic mass is 10.1. The van der Waals surface area contributed by atoms with Crippen LogP contribution in [0.25, 0.3) is 0 Å². The summed E-state index contributed by atoms with van der Waals surface area (Å²) >= 11 is 5.62. The van der Waals surface area contributed by atoms with Crippen molar-refractivity contribution >= 4 is 17.3 Å². The average molecular weight is 305 g/mol. The molecule has 0 aliphatic rings. The van der Waals surface area contributed by atoms with E-state index >= 15 is 0 Å². The number of alkyl halides is 3. The number of benzene rings is 1. The van der Waals surface area contributed by atoms with Crippen LogP contribution in [-0.2, 0) is 12.7 Å². The molecule has 2 rings (SSSR count). The van der Waals surface area contributed by atoms with Gasteiger partial charge in [-0.25, -0.2) is 0 Å². The van der Waals surface area contributed by atoms with Gasteiger partial charge in [0.2, 0.25) is 0 Å². The second-order valence-corrected chi connectivity index (χ2v) is 4.78. The SMILES string of the molecule is Cc1noc(C)c1CNc1ccc(Cl)cc1C(F)(F)F. The Kier molecular flexibility index (Phi) is 3.94. The Hall–Kier alpha value is -1.69. The van der Waals surface area contributed by atoms with E-state index in [4.69, 9.17) is 16.1 Å². The number of halogens is 4. The van der Waals surface area contributed by atoms with Crippen LogP contribution in [-0.4, -0.2) is 5.16 Å². The minimum atomic E-state index is -4.47. The van der Waals surface area contributed by atoms with Crippen molar-refractivity contribution in [1.29, 1.82) is 0 Å². The summed E-state index contributed by atoms with van der Waals surface area (Å²) in [5.41, 5.74) is 0.573. The summed E-state index contributed by atoms with van der Waals surface area (Å²) in [7, 11) is 0. The fourth-order valence-corrected chi connectivity index (χ4v) is 2.02. The molecule has 20 heavy (non-hydrogen) atoms. The highest BCUT2D eigenvalue weighted by molar-refractivity contribution is 6.30. The molecule has 1 aromatic carbocycles. The normalized spacial score (nSPS) is 11.7. The average Bonchev–Trinajstić information content (AvgIpc) is 2.67. The zero-order valence-electron chi connectivity index (χ0n) is 10.8. The molecule has 0 spiro atoms. The Morgan fingerprint density at radius 3 is 2.55 bits per heavy atom. The third kappa shape index (κ3) is 3.07. The summed E-state index contributed by atoms with van der Waals surface area (Å²) in [5, 5.41) is 6.55. The first-order valence-electron chi connectivity index (χ1n) is 5.81. The van der Waals surface area contributed by atoms with Crippen molar-refractivity contribution in [1.82, 2.24) is 5.16 Å². The topological polar surface area (TPSA) is 38.1 Å². The first-order chi connectivity index (χ1) is 9.29. The van der Waals surface area contributed by atoms with Gasteiger partial charge in [0, 0.05) is 22.8 Å². The zero-order chi connectivity index (χ0) is 14.9. The van der Waals surface area contributed by atoms with Crippen LogP contribution in [0, 0.1) is 13.8 Å². The molecule has 108 valence electrons. The van der Waals surface area contributed by atoms with Crippen molar-refractivity contribution in [3.05, 3.63) is 45.8 Å². The summed E-state index contributed by atoms with van der Waals surface area (Å²) in [6.45, 7) is 3.65. The fraction of sp³-hybridized carbons (Fsp3) is 0.308. The van der Waals surface area contributed by atoms with Gasteiger partial charge < -0.3 is 9.84 Å². The van der Waals surface area contributed by atoms with Crippen molar-refractivity contribution in [2.45, 2.75) is 26.6 Å². The van der Waals surface area contributed by atoms with Gasteiger partial charge in [0.05, 0.1) is 11.3 Å². The third-order valence-corrected chi connectivity index (χ3v) is 3.16. The fourth-order valence-electron chi connectivity index (χ4n) is 1.84. The van der Waals surface area contributed by atoms with Gasteiger partial charge in [-0.05, 0) is 32.0 Å². The summed E-state index contributed by atoms with van der Waals surface area (Å²) in [6, 6.07) is 3.62. The second kappa shape index (κ2) is 5.36. The number of hydrogen-bond donors (Lipinski definition) is 1. The van der Waals surface area contributed by atoms with E-state index in [0.717, 1.165) is 11.6 Å². The molecule has 0 saturated heterocycles. The predicted molar refractivity (Wildman–Crippen MR) is 69.8 cm³/mol. The summed E-state index contributed by atoms with van der Waals surface area (Å²) in [5.74, 6) is 0.581. The number of aromatic nitrogens is 1. The Labute approximate surface area is 118 Å². The minimum absolute atomic E-state index is 0.0260. The highest BCUT2D eigenvalue weighted by Crippen LogP contribution is 2.36. The Morgan fingerprint density at radius 2 is 2.00 bits per heavy atom. The van der Waals surface area contributed by atoms with E-state index in [0.29, 0.717) is 11.5 Å². The molecular weight excluding hydrogens is 293 g/mol. The van der Waals surface area contributed by atoms with Crippen LogP contribution < -0.4 is 5.32 Å². The van der Waals surface area contributed by atoms with Gasteiger partial charge in [0.25, 0.3) is 0 Å². The Morgan fingerprint density at radius 1 is 1.30 bits per heavy atom. The highest BCUT2D eigenvalue weighted by atomic mass is 35.5. The van der Waals surface area contributed by atoms with Gasteiger partial charge in [-0.2, -0.15) is 13.2 Å². The molecule has 1 heterocycles. The molecule has 0 unspecified atom stereocenters. The molecule has 2 aromatic rings. The number of nitrogens with zero attached hydrogens (tertiary/aromatic N) is 1. The van der Waals surface area contributed by atoms with Crippen LogP contribution in [0.5, 0.6) is 0 Å². The maximum atomic E-state index is 12.9. The van der Waals surface area contributed by atoms with E-state index in [9.17, 15) is 13.2 Å². The lowest BCUT2D eigenvalue weighted by molar-refractivity contribution is -0.136. The van der Waals surface area contributed by atoms with Gasteiger partial charge in [0.1, 0.15) is 5.76 Å². The van der Waals surface area contributed by atoms with Crippen LogP contribution in [0.1, 0.15) is 22.6 Å². The first-order valence-corrected chi connectivity index (χ1v) is 6.19. The van der Waals surface area contributed by atoms with Crippen molar-refractivity contribution in [2.24, 2.45) is 0 Å².